The zero-order valence-corrected chi connectivity index (χ0v) is 20.6. The van der Waals surface area contributed by atoms with E-state index in [0.29, 0.717) is 32.8 Å². The third-order valence-corrected chi connectivity index (χ3v) is 6.26. The van der Waals surface area contributed by atoms with E-state index < -0.39 is 23.8 Å². The number of thiocarbonyl (C=S) groups is 1. The molecule has 3 fully saturated rings. The van der Waals surface area contributed by atoms with Gasteiger partial charge in [0.05, 0.1) is 45.6 Å². The third kappa shape index (κ3) is 6.21. The lowest BCUT2D eigenvalue weighted by molar-refractivity contribution is 0.0146. The summed E-state index contributed by atoms with van der Waals surface area (Å²) in [6.45, 7) is 3.50. The van der Waals surface area contributed by atoms with Gasteiger partial charge in [0.1, 0.15) is 11.8 Å². The molecule has 0 radical (unpaired) electrons. The first kappa shape index (κ1) is 26.1. The smallest absolute Gasteiger partial charge is 0.414 e. The number of ether oxygens (including phenoxy) is 3. The minimum absolute atomic E-state index is 0.0510. The zero-order chi connectivity index (χ0) is 25.7. The van der Waals surface area contributed by atoms with Gasteiger partial charge in [0.2, 0.25) is 0 Å². The first-order chi connectivity index (χ1) is 17.4. The van der Waals surface area contributed by atoms with Crippen molar-refractivity contribution in [3.8, 4) is 0 Å². The van der Waals surface area contributed by atoms with E-state index in [1.807, 2.05) is 0 Å². The molecular weight excluding hydrogens is 500 g/mol. The summed E-state index contributed by atoms with van der Waals surface area (Å²) >= 11 is 4.89. The van der Waals surface area contributed by atoms with Gasteiger partial charge in [0, 0.05) is 44.9 Å². The van der Waals surface area contributed by atoms with Gasteiger partial charge in [0.15, 0.2) is 11.6 Å². The number of hydrazine groups is 2. The molecule has 1 aromatic carbocycles. The largest absolute Gasteiger partial charge is 0.474 e. The number of benzene rings is 1. The summed E-state index contributed by atoms with van der Waals surface area (Å²) in [6.07, 6.45) is -1.28. The topological polar surface area (TPSA) is 111 Å². The van der Waals surface area contributed by atoms with Crippen molar-refractivity contribution in [3.63, 3.8) is 0 Å². The lowest BCUT2D eigenvalue weighted by atomic mass is 10.2. The van der Waals surface area contributed by atoms with Crippen molar-refractivity contribution in [2.24, 2.45) is 0 Å². The summed E-state index contributed by atoms with van der Waals surface area (Å²) in [6, 6.07) is 1.87. The first-order valence-electron chi connectivity index (χ1n) is 11.5. The predicted molar refractivity (Wildman–Crippen MR) is 129 cm³/mol. The molecule has 1 aromatic rings. The molecule has 0 aromatic heterocycles. The van der Waals surface area contributed by atoms with Crippen LogP contribution in [0.3, 0.4) is 0 Å². The molecule has 3 heterocycles. The molecule has 0 spiro atoms. The van der Waals surface area contributed by atoms with Crippen molar-refractivity contribution >= 4 is 40.9 Å². The number of rotatable bonds is 5. The number of urea groups is 1. The fourth-order valence-electron chi connectivity index (χ4n) is 4.12. The summed E-state index contributed by atoms with van der Waals surface area (Å²) in [5.41, 5.74) is 5.62. The highest BCUT2D eigenvalue weighted by molar-refractivity contribution is 7.80. The van der Waals surface area contributed by atoms with Crippen LogP contribution in [0.15, 0.2) is 12.1 Å². The number of hydrogen-bond acceptors (Lipinski definition) is 9. The molecule has 0 unspecified atom stereocenters. The maximum absolute atomic E-state index is 15.1. The van der Waals surface area contributed by atoms with Gasteiger partial charge in [-0.1, -0.05) is 0 Å². The van der Waals surface area contributed by atoms with Gasteiger partial charge in [-0.25, -0.2) is 28.8 Å². The van der Waals surface area contributed by atoms with Crippen LogP contribution >= 0.6 is 12.2 Å². The van der Waals surface area contributed by atoms with Crippen molar-refractivity contribution in [1.82, 2.24) is 26.2 Å². The molecule has 15 heteroatoms. The maximum atomic E-state index is 15.1. The van der Waals surface area contributed by atoms with Gasteiger partial charge >= 0.3 is 12.1 Å². The van der Waals surface area contributed by atoms with Crippen molar-refractivity contribution < 1.29 is 32.6 Å². The fraction of sp³-hybridized carbons (Fsp3) is 0.571. The van der Waals surface area contributed by atoms with E-state index in [1.54, 1.807) is 5.01 Å². The van der Waals surface area contributed by atoms with Crippen LogP contribution in [0.25, 0.3) is 0 Å². The predicted octanol–water partition coefficient (Wildman–Crippen LogP) is 0.394. The van der Waals surface area contributed by atoms with E-state index >= 15 is 8.78 Å². The van der Waals surface area contributed by atoms with E-state index in [-0.39, 0.29) is 55.3 Å². The Hall–Kier alpha value is -3.01. The summed E-state index contributed by atoms with van der Waals surface area (Å²) in [5, 5.41) is 6.09. The zero-order valence-electron chi connectivity index (χ0n) is 19.8. The normalized spacial score (nSPS) is 21.1. The molecule has 0 bridgehead atoms. The fourth-order valence-corrected chi connectivity index (χ4v) is 4.20. The van der Waals surface area contributed by atoms with Gasteiger partial charge in [0.25, 0.3) is 5.17 Å². The molecule has 4 rings (SSSR count). The highest BCUT2D eigenvalue weighted by Gasteiger charge is 2.34. The first-order valence-corrected chi connectivity index (χ1v) is 11.9. The van der Waals surface area contributed by atoms with Crippen molar-refractivity contribution in [3.05, 3.63) is 23.8 Å². The lowest BCUT2D eigenvalue weighted by Crippen LogP contribution is -2.56. The second-order valence-electron chi connectivity index (χ2n) is 8.31. The van der Waals surface area contributed by atoms with Gasteiger partial charge in [-0.2, -0.15) is 0 Å². The quantitative estimate of drug-likeness (QED) is 0.464. The highest BCUT2D eigenvalue weighted by atomic mass is 32.1. The Bertz CT molecular complexity index is 961. The monoisotopic (exact) mass is 529 g/mol. The number of carbonyl (C=O) groups is 2. The molecule has 3 aliphatic rings. The van der Waals surface area contributed by atoms with E-state index in [1.165, 1.54) is 21.9 Å². The Labute approximate surface area is 212 Å². The van der Waals surface area contributed by atoms with Gasteiger partial charge < -0.3 is 24.4 Å². The third-order valence-electron chi connectivity index (χ3n) is 5.95. The standard InChI is InChI=1S/C21H29F2N7O5S/c1-33-20(36)24-12-15-13-29(21(32)35-15)14-10-16(22)18(17(23)11-14)27-3-2-25-30(5-4-27)19(31)26-28-6-8-34-9-7-28/h10-11,15,25H,2-9,12-13H2,1H3,(H,24,36)(H,26,31)/t15-/m0/s1. The molecule has 3 saturated heterocycles. The van der Waals surface area contributed by atoms with Crippen LogP contribution in [0, 0.1) is 11.6 Å². The Morgan fingerprint density at radius 3 is 2.61 bits per heavy atom. The van der Waals surface area contributed by atoms with Crippen LogP contribution < -0.4 is 26.0 Å². The number of hydrogen-bond donors (Lipinski definition) is 3. The summed E-state index contributed by atoms with van der Waals surface area (Å²) < 4.78 is 45.6. The SMILES string of the molecule is COC(=S)NC[C@H]1CN(c2cc(F)c(N3CCNN(C(=O)NN4CCOCC4)CC3)c(F)c2)C(=O)O1. The Balaban J connectivity index is 1.38. The molecule has 1 atom stereocenters. The van der Waals surface area contributed by atoms with Crippen molar-refractivity contribution in [2.45, 2.75) is 6.10 Å². The van der Waals surface area contributed by atoms with Gasteiger partial charge in [-0.05, 0) is 12.2 Å². The average molecular weight is 530 g/mol. The van der Waals surface area contributed by atoms with Crippen LogP contribution in [0.2, 0.25) is 0 Å². The highest BCUT2D eigenvalue weighted by Crippen LogP contribution is 2.31. The molecular formula is C21H29F2N7O5S. The minimum atomic E-state index is -0.814. The van der Waals surface area contributed by atoms with Crippen LogP contribution in [-0.2, 0) is 14.2 Å². The van der Waals surface area contributed by atoms with Crippen LogP contribution in [0.5, 0.6) is 0 Å². The number of anilines is 2. The van der Waals surface area contributed by atoms with E-state index in [2.05, 4.69) is 16.2 Å². The minimum Gasteiger partial charge on any atom is -0.474 e. The van der Waals surface area contributed by atoms with E-state index in [0.717, 1.165) is 12.1 Å². The lowest BCUT2D eigenvalue weighted by Gasteiger charge is -2.30. The molecule has 3 N–H and O–H groups in total. The van der Waals surface area contributed by atoms with Crippen LogP contribution in [0.1, 0.15) is 0 Å². The van der Waals surface area contributed by atoms with Gasteiger partial charge in [-0.3, -0.25) is 15.3 Å². The van der Waals surface area contributed by atoms with Crippen molar-refractivity contribution in [1.29, 1.82) is 0 Å². The number of nitrogens with one attached hydrogen (secondary N) is 3. The number of morpholine rings is 1. The average Bonchev–Trinajstić information content (AvgIpc) is 3.07. The Morgan fingerprint density at radius 2 is 1.92 bits per heavy atom. The molecule has 0 saturated carbocycles. The van der Waals surface area contributed by atoms with E-state index in [9.17, 15) is 9.59 Å². The van der Waals surface area contributed by atoms with Crippen LogP contribution in [0.4, 0.5) is 29.7 Å². The molecule has 36 heavy (non-hydrogen) atoms. The second-order valence-corrected chi connectivity index (χ2v) is 8.68. The molecule has 3 aliphatic heterocycles. The van der Waals surface area contributed by atoms with E-state index in [4.69, 9.17) is 26.4 Å². The molecule has 12 nitrogen and oxygen atoms in total. The summed E-state index contributed by atoms with van der Waals surface area (Å²) in [5.74, 6) is -1.63. The summed E-state index contributed by atoms with van der Waals surface area (Å²) in [7, 11) is 1.41. The number of carbonyl (C=O) groups excluding carboxylic acids is 2. The van der Waals surface area contributed by atoms with Gasteiger partial charge in [-0.15, -0.1) is 0 Å². The Kier molecular flexibility index (Phi) is 8.56. The second kappa shape index (κ2) is 11.8. The molecule has 198 valence electrons. The van der Waals surface area contributed by atoms with Crippen molar-refractivity contribution in [2.75, 3.05) is 82.5 Å². The molecule has 0 aliphatic carbocycles. The number of amides is 3. The number of methoxy groups -OCH3 is 1. The number of halogens is 2. The maximum Gasteiger partial charge on any atom is 0.414 e. The van der Waals surface area contributed by atoms with Crippen LogP contribution in [-0.4, -0.2) is 106 Å². The molecule has 3 amide bonds. The number of cyclic esters (lactones) is 1. The number of nitrogens with zero attached hydrogens (tertiary/aromatic N) is 4. The summed E-state index contributed by atoms with van der Waals surface area (Å²) in [4.78, 5) is 27.6. The Morgan fingerprint density at radius 1 is 1.19 bits per heavy atom.